The summed E-state index contributed by atoms with van der Waals surface area (Å²) in [7, 11) is -0.995. The number of aliphatic hydroxyl groups excluding tert-OH is 3. The summed E-state index contributed by atoms with van der Waals surface area (Å²) in [4.78, 5) is 3.27. The Bertz CT molecular complexity index is 946. The number of nitrogens with zero attached hydrogens (tertiary/aromatic N) is 1. The summed E-state index contributed by atoms with van der Waals surface area (Å²) in [6.07, 6.45) is -0.0656. The highest BCUT2D eigenvalue weighted by Gasteiger charge is 2.65. The molecule has 43 heavy (non-hydrogen) atoms. The van der Waals surface area contributed by atoms with E-state index in [-0.39, 0.29) is 73.2 Å². The Morgan fingerprint density at radius 3 is 1.60 bits per heavy atom. The molecule has 16 atom stereocenters. The van der Waals surface area contributed by atoms with Crippen molar-refractivity contribution in [3.8, 4) is 0 Å². The van der Waals surface area contributed by atoms with Crippen LogP contribution in [0.1, 0.15) is 68.2 Å². The molecule has 0 saturated carbocycles. The Balaban J connectivity index is 0.000000154. The molecule has 6 aliphatic heterocycles. The van der Waals surface area contributed by atoms with Crippen LogP contribution in [0, 0.1) is 6.57 Å². The molecule has 6 fully saturated rings. The maximum atomic E-state index is 9.87. The second kappa shape index (κ2) is 13.7. The molecule has 6 heterocycles. The topological polar surface area (TPSA) is 139 Å². The van der Waals surface area contributed by atoms with Gasteiger partial charge in [0.1, 0.15) is 60.0 Å². The van der Waals surface area contributed by atoms with Crippen molar-refractivity contribution >= 4 is 8.38 Å². The first-order valence-corrected chi connectivity index (χ1v) is 17.2. The lowest BCUT2D eigenvalue weighted by atomic mass is 9.90. The molecule has 0 radical (unpaired) electrons. The smallest absolute Gasteiger partial charge is 0.238 e. The number of ether oxygens (including phenoxy) is 6. The van der Waals surface area contributed by atoms with Crippen LogP contribution < -0.4 is 0 Å². The van der Waals surface area contributed by atoms with Crippen molar-refractivity contribution in [3.63, 3.8) is 0 Å². The van der Waals surface area contributed by atoms with Gasteiger partial charge in [0.15, 0.2) is 8.38 Å². The van der Waals surface area contributed by atoms with Gasteiger partial charge in [-0.3, -0.25) is 0 Å². The van der Waals surface area contributed by atoms with Crippen LogP contribution >= 0.6 is 8.38 Å². The summed E-state index contributed by atoms with van der Waals surface area (Å²) in [6.45, 7) is 25.1. The molecular formula is C30H52NO11P. The second-order valence-corrected chi connectivity index (χ2v) is 13.8. The quantitative estimate of drug-likeness (QED) is 0.207. The van der Waals surface area contributed by atoms with Crippen molar-refractivity contribution < 1.29 is 52.8 Å². The van der Waals surface area contributed by atoms with Gasteiger partial charge in [0.05, 0.1) is 43.2 Å². The first-order chi connectivity index (χ1) is 20.3. The Labute approximate surface area is 257 Å². The van der Waals surface area contributed by atoms with E-state index >= 15 is 0 Å². The standard InChI is InChI=1S/C13H22NO4P.C9H16O3.C8H14O4/c1-6-13-10(3)16-11(9(2)17-13)12(13)18-19(5)15-8-7-14-4;1-4-9-6(3)11-7(8(9)10)5(2)12-9;1-4-6-7(10)8(3-9,12-4)5(2)11-6/h9-12H,6-8H2,1-3,5H3;5-8,10H,4H2,1-3H3;4-7,9-10H,3H2,1-2H3/t9-,10+,11-,12-,13-,19?;5-,6+,7-,8-,9-;4-,5+,6-,7-,8-/m000/s1. The summed E-state index contributed by atoms with van der Waals surface area (Å²) in [5, 5.41) is 28.7. The molecule has 248 valence electrons. The maximum absolute atomic E-state index is 9.87. The summed E-state index contributed by atoms with van der Waals surface area (Å²) in [5.41, 5.74) is -1.64. The van der Waals surface area contributed by atoms with E-state index in [0.29, 0.717) is 13.2 Å². The van der Waals surface area contributed by atoms with Crippen LogP contribution in [-0.2, 0) is 37.5 Å². The molecule has 3 N–H and O–H groups in total. The third-order valence-electron chi connectivity index (χ3n) is 10.2. The third kappa shape index (κ3) is 5.92. The lowest BCUT2D eigenvalue weighted by Gasteiger charge is -2.35. The predicted molar refractivity (Wildman–Crippen MR) is 158 cm³/mol. The van der Waals surface area contributed by atoms with Crippen LogP contribution in [-0.4, -0.2) is 132 Å². The largest absolute Gasteiger partial charge is 0.393 e. The SMILES string of the molecule is CC[C@]12O[C@@H](C)[C@H](O[C@@H]1C)[C@@H]2O.C[C@@H]1O[C@@]2(CO)[C@@H](C)O[C@@H]1[C@@H]2O.[C-]#[N+]CCOP(C)O[C@H]1[C@H]2O[C@H](C)[C@]1(CC)O[C@H]2C. The van der Waals surface area contributed by atoms with E-state index in [1.54, 1.807) is 0 Å². The van der Waals surface area contributed by atoms with Gasteiger partial charge < -0.3 is 57.6 Å². The van der Waals surface area contributed by atoms with Crippen LogP contribution in [0.3, 0.4) is 0 Å². The second-order valence-electron chi connectivity index (χ2n) is 12.5. The molecule has 12 nitrogen and oxygen atoms in total. The summed E-state index contributed by atoms with van der Waals surface area (Å²) in [5.74, 6) is 0. The van der Waals surface area contributed by atoms with E-state index in [1.807, 2.05) is 55.1 Å². The summed E-state index contributed by atoms with van der Waals surface area (Å²) < 4.78 is 46.0. The molecule has 0 aliphatic carbocycles. The average molecular weight is 634 g/mol. The van der Waals surface area contributed by atoms with E-state index < -0.39 is 31.8 Å². The zero-order valence-corrected chi connectivity index (χ0v) is 27.9. The molecule has 0 aromatic heterocycles. The Kier molecular flexibility index (Phi) is 11.2. The van der Waals surface area contributed by atoms with Crippen molar-refractivity contribution in [2.75, 3.05) is 26.4 Å². The molecule has 6 rings (SSSR count). The fourth-order valence-corrected chi connectivity index (χ4v) is 8.63. The summed E-state index contributed by atoms with van der Waals surface area (Å²) >= 11 is 0. The highest BCUT2D eigenvalue weighted by atomic mass is 31.2. The molecule has 6 saturated heterocycles. The molecule has 0 spiro atoms. The minimum absolute atomic E-state index is 0.00985. The van der Waals surface area contributed by atoms with Crippen LogP contribution in [0.5, 0.6) is 0 Å². The number of rotatable bonds is 8. The molecule has 0 amide bonds. The first kappa shape index (κ1) is 35.3. The van der Waals surface area contributed by atoms with Crippen molar-refractivity contribution in [1.82, 2.24) is 0 Å². The Morgan fingerprint density at radius 1 is 0.744 bits per heavy atom. The molecular weight excluding hydrogens is 581 g/mol. The van der Waals surface area contributed by atoms with E-state index in [1.165, 1.54) is 0 Å². The zero-order chi connectivity index (χ0) is 31.9. The average Bonchev–Trinajstić information content (AvgIpc) is 3.70. The van der Waals surface area contributed by atoms with E-state index in [9.17, 15) is 10.2 Å². The molecule has 13 heteroatoms. The predicted octanol–water partition coefficient (Wildman–Crippen LogP) is 2.59. The minimum atomic E-state index is -0.995. The summed E-state index contributed by atoms with van der Waals surface area (Å²) in [6, 6.07) is 0. The van der Waals surface area contributed by atoms with Crippen molar-refractivity contribution in [2.45, 2.75) is 158 Å². The first-order valence-electron chi connectivity index (χ1n) is 15.6. The van der Waals surface area contributed by atoms with Gasteiger partial charge in [-0.2, -0.15) is 0 Å². The lowest BCUT2D eigenvalue weighted by molar-refractivity contribution is -0.189. The zero-order valence-electron chi connectivity index (χ0n) is 27.0. The van der Waals surface area contributed by atoms with Crippen LogP contribution in [0.25, 0.3) is 4.85 Å². The number of aliphatic hydroxyl groups is 3. The maximum Gasteiger partial charge on any atom is 0.238 e. The Morgan fingerprint density at radius 2 is 1.19 bits per heavy atom. The number of fused-ring (bicyclic) bond motifs is 6. The van der Waals surface area contributed by atoms with Gasteiger partial charge in [0, 0.05) is 6.66 Å². The fraction of sp³-hybridized carbons (Fsp3) is 0.967. The van der Waals surface area contributed by atoms with Gasteiger partial charge in [-0.05, 0) is 54.4 Å². The monoisotopic (exact) mass is 633 g/mol. The van der Waals surface area contributed by atoms with Crippen LogP contribution in [0.2, 0.25) is 0 Å². The van der Waals surface area contributed by atoms with Crippen LogP contribution in [0.4, 0.5) is 0 Å². The number of hydrogen-bond acceptors (Lipinski definition) is 11. The third-order valence-corrected chi connectivity index (χ3v) is 11.3. The van der Waals surface area contributed by atoms with E-state index in [2.05, 4.69) is 11.8 Å². The van der Waals surface area contributed by atoms with Crippen molar-refractivity contribution in [2.24, 2.45) is 0 Å². The number of hydrogen-bond donors (Lipinski definition) is 3. The molecule has 1 unspecified atom stereocenters. The van der Waals surface area contributed by atoms with Crippen molar-refractivity contribution in [1.29, 1.82) is 0 Å². The highest BCUT2D eigenvalue weighted by molar-refractivity contribution is 7.46. The van der Waals surface area contributed by atoms with Gasteiger partial charge in [-0.15, -0.1) is 0 Å². The molecule has 0 aromatic carbocycles. The fourth-order valence-electron chi connectivity index (χ4n) is 7.61. The van der Waals surface area contributed by atoms with E-state index in [0.717, 1.165) is 12.8 Å². The molecule has 6 aliphatic rings. The normalized spacial score (nSPS) is 51.0. The van der Waals surface area contributed by atoms with Crippen molar-refractivity contribution in [3.05, 3.63) is 11.4 Å². The highest BCUT2D eigenvalue weighted by Crippen LogP contribution is 2.52. The van der Waals surface area contributed by atoms with Gasteiger partial charge in [0.2, 0.25) is 6.54 Å². The van der Waals surface area contributed by atoms with Gasteiger partial charge in [-0.1, -0.05) is 13.8 Å². The van der Waals surface area contributed by atoms with Gasteiger partial charge in [0.25, 0.3) is 0 Å². The molecule has 6 bridgehead atoms. The van der Waals surface area contributed by atoms with Gasteiger partial charge >= 0.3 is 0 Å². The minimum Gasteiger partial charge on any atom is -0.393 e. The lowest BCUT2D eigenvalue weighted by Crippen LogP contribution is -2.49. The van der Waals surface area contributed by atoms with Gasteiger partial charge in [-0.25, -0.2) is 6.57 Å². The van der Waals surface area contributed by atoms with E-state index in [4.69, 9.17) is 49.1 Å². The van der Waals surface area contributed by atoms with Crippen LogP contribution in [0.15, 0.2) is 0 Å². The molecule has 0 aromatic rings. The Hall–Kier alpha value is -0.520.